The van der Waals surface area contributed by atoms with Crippen molar-refractivity contribution in [1.82, 2.24) is 4.98 Å². The lowest BCUT2D eigenvalue weighted by atomic mass is 9.99. The summed E-state index contributed by atoms with van der Waals surface area (Å²) < 4.78 is 37.3. The molecule has 3 aromatic rings. The Bertz CT molecular complexity index is 957. The van der Waals surface area contributed by atoms with E-state index in [-0.39, 0.29) is 10.5 Å². The Morgan fingerprint density at radius 1 is 0.913 bits per heavy atom. The van der Waals surface area contributed by atoms with Crippen molar-refractivity contribution in [2.24, 2.45) is 5.14 Å². The minimum Gasteiger partial charge on any atom is -0.255 e. The third-order valence-corrected chi connectivity index (χ3v) is 4.32. The maximum atomic E-state index is 14.3. The molecule has 2 N–H and O–H groups in total. The first kappa shape index (κ1) is 15.3. The molecule has 1 aromatic heterocycles. The number of rotatable bonds is 3. The van der Waals surface area contributed by atoms with E-state index in [1.807, 2.05) is 30.3 Å². The number of aromatic nitrogens is 1. The van der Waals surface area contributed by atoms with Gasteiger partial charge in [-0.05, 0) is 29.8 Å². The van der Waals surface area contributed by atoms with E-state index in [1.54, 1.807) is 12.1 Å². The van der Waals surface area contributed by atoms with Gasteiger partial charge in [0.2, 0.25) is 10.0 Å². The Hall–Kier alpha value is -2.57. The van der Waals surface area contributed by atoms with Crippen LogP contribution in [-0.2, 0) is 10.0 Å². The number of halogens is 1. The van der Waals surface area contributed by atoms with Gasteiger partial charge in [0.05, 0.1) is 10.6 Å². The molecule has 3 rings (SSSR count). The second-order valence-corrected chi connectivity index (χ2v) is 6.51. The molecule has 0 saturated heterocycles. The highest BCUT2D eigenvalue weighted by molar-refractivity contribution is 7.89. The lowest BCUT2D eigenvalue weighted by molar-refractivity contribution is 0.596. The minimum atomic E-state index is -3.92. The van der Waals surface area contributed by atoms with Crippen molar-refractivity contribution in [3.63, 3.8) is 0 Å². The maximum Gasteiger partial charge on any atom is 0.238 e. The van der Waals surface area contributed by atoms with Gasteiger partial charge in [-0.3, -0.25) is 4.98 Å². The summed E-state index contributed by atoms with van der Waals surface area (Å²) >= 11 is 0. The van der Waals surface area contributed by atoms with Crippen LogP contribution >= 0.6 is 0 Å². The quantitative estimate of drug-likeness (QED) is 0.802. The molecule has 0 atom stereocenters. The summed E-state index contributed by atoms with van der Waals surface area (Å²) in [7, 11) is -3.92. The molecule has 0 saturated carbocycles. The molecule has 6 heteroatoms. The van der Waals surface area contributed by atoms with Crippen LogP contribution in [0.15, 0.2) is 71.8 Å². The molecule has 0 amide bonds. The number of primary sulfonamides is 1. The Balaban J connectivity index is 2.25. The number of pyridine rings is 1. The van der Waals surface area contributed by atoms with Gasteiger partial charge in [0.1, 0.15) is 5.82 Å². The van der Waals surface area contributed by atoms with Gasteiger partial charge in [0.15, 0.2) is 0 Å². The summed E-state index contributed by atoms with van der Waals surface area (Å²) in [5, 5.41) is 5.13. The standard InChI is InChI=1S/C17H13FN2O2S/c18-16-9-8-13(23(19,21)22)11-15(16)17-14(7-4-10-20-17)12-5-2-1-3-6-12/h1-11H,(H2,19,21,22). The van der Waals surface area contributed by atoms with E-state index >= 15 is 0 Å². The zero-order chi connectivity index (χ0) is 16.4. The maximum absolute atomic E-state index is 14.3. The zero-order valence-corrected chi connectivity index (χ0v) is 12.8. The number of benzene rings is 2. The van der Waals surface area contributed by atoms with Crippen LogP contribution in [0.2, 0.25) is 0 Å². The molecule has 0 aliphatic carbocycles. The van der Waals surface area contributed by atoms with Crippen LogP contribution in [0.5, 0.6) is 0 Å². The number of nitrogens with zero attached hydrogens (tertiary/aromatic N) is 1. The molecule has 1 heterocycles. The molecule has 0 radical (unpaired) electrons. The highest BCUT2D eigenvalue weighted by Gasteiger charge is 2.16. The molecule has 116 valence electrons. The summed E-state index contributed by atoms with van der Waals surface area (Å²) in [6, 6.07) is 16.3. The molecule has 0 bridgehead atoms. The minimum absolute atomic E-state index is 0.0935. The second kappa shape index (κ2) is 5.91. The first-order valence-corrected chi connectivity index (χ1v) is 8.34. The fourth-order valence-corrected chi connectivity index (χ4v) is 2.87. The van der Waals surface area contributed by atoms with Gasteiger partial charge >= 0.3 is 0 Å². The third-order valence-electron chi connectivity index (χ3n) is 3.41. The predicted octanol–water partition coefficient (Wildman–Crippen LogP) is 3.20. The van der Waals surface area contributed by atoms with Crippen molar-refractivity contribution >= 4 is 10.0 Å². The number of hydrogen-bond donors (Lipinski definition) is 1. The number of nitrogens with two attached hydrogens (primary N) is 1. The summed E-state index contributed by atoms with van der Waals surface area (Å²) in [5.74, 6) is -0.562. The Morgan fingerprint density at radius 3 is 2.35 bits per heavy atom. The van der Waals surface area contributed by atoms with Crippen LogP contribution < -0.4 is 5.14 Å². The SMILES string of the molecule is NS(=O)(=O)c1ccc(F)c(-c2ncccc2-c2ccccc2)c1. The van der Waals surface area contributed by atoms with Gasteiger partial charge in [-0.15, -0.1) is 0 Å². The van der Waals surface area contributed by atoms with Crippen molar-refractivity contribution < 1.29 is 12.8 Å². The fourth-order valence-electron chi connectivity index (χ4n) is 2.33. The monoisotopic (exact) mass is 328 g/mol. The molecular formula is C17H13FN2O2S. The Kier molecular flexibility index (Phi) is 3.94. The van der Waals surface area contributed by atoms with E-state index in [2.05, 4.69) is 4.98 Å². The van der Waals surface area contributed by atoms with Crippen molar-refractivity contribution in [1.29, 1.82) is 0 Å². The Labute approximate surface area is 133 Å². The molecular weight excluding hydrogens is 315 g/mol. The highest BCUT2D eigenvalue weighted by atomic mass is 32.2. The van der Waals surface area contributed by atoms with Crippen LogP contribution in [-0.4, -0.2) is 13.4 Å². The van der Waals surface area contributed by atoms with E-state index in [1.165, 1.54) is 12.3 Å². The molecule has 4 nitrogen and oxygen atoms in total. The van der Waals surface area contributed by atoms with Gasteiger partial charge in [0.25, 0.3) is 0 Å². The summed E-state index contributed by atoms with van der Waals surface area (Å²) in [6.45, 7) is 0. The van der Waals surface area contributed by atoms with Crippen molar-refractivity contribution in [3.8, 4) is 22.4 Å². The largest absolute Gasteiger partial charge is 0.255 e. The molecule has 0 unspecified atom stereocenters. The first-order chi connectivity index (χ1) is 11.0. The average Bonchev–Trinajstić information content (AvgIpc) is 2.55. The predicted molar refractivity (Wildman–Crippen MR) is 86.4 cm³/mol. The van der Waals surface area contributed by atoms with E-state index < -0.39 is 15.8 Å². The van der Waals surface area contributed by atoms with Crippen LogP contribution in [0.4, 0.5) is 4.39 Å². The van der Waals surface area contributed by atoms with E-state index in [0.29, 0.717) is 11.3 Å². The second-order valence-electron chi connectivity index (χ2n) is 4.95. The van der Waals surface area contributed by atoms with Gasteiger partial charge in [-0.2, -0.15) is 0 Å². The lowest BCUT2D eigenvalue weighted by Gasteiger charge is -2.11. The smallest absolute Gasteiger partial charge is 0.238 e. The van der Waals surface area contributed by atoms with Crippen molar-refractivity contribution in [2.45, 2.75) is 4.90 Å². The first-order valence-electron chi connectivity index (χ1n) is 6.80. The van der Waals surface area contributed by atoms with Crippen LogP contribution in [0.1, 0.15) is 0 Å². The molecule has 0 aliphatic heterocycles. The van der Waals surface area contributed by atoms with Crippen LogP contribution in [0.3, 0.4) is 0 Å². The zero-order valence-electron chi connectivity index (χ0n) is 12.0. The van der Waals surface area contributed by atoms with E-state index in [4.69, 9.17) is 5.14 Å². The molecule has 0 aliphatic rings. The average molecular weight is 328 g/mol. The lowest BCUT2D eigenvalue weighted by Crippen LogP contribution is -2.12. The Morgan fingerprint density at radius 2 is 1.65 bits per heavy atom. The van der Waals surface area contributed by atoms with Crippen molar-refractivity contribution in [2.75, 3.05) is 0 Å². The van der Waals surface area contributed by atoms with E-state index in [0.717, 1.165) is 17.7 Å². The van der Waals surface area contributed by atoms with Crippen LogP contribution in [0.25, 0.3) is 22.4 Å². The summed E-state index contributed by atoms with van der Waals surface area (Å²) in [5.41, 5.74) is 2.02. The fraction of sp³-hybridized carbons (Fsp3) is 0. The van der Waals surface area contributed by atoms with Gasteiger partial charge in [-0.1, -0.05) is 36.4 Å². The van der Waals surface area contributed by atoms with Gasteiger partial charge in [0, 0.05) is 17.3 Å². The molecule has 0 fully saturated rings. The normalized spacial score (nSPS) is 11.4. The van der Waals surface area contributed by atoms with Crippen LogP contribution in [0, 0.1) is 5.82 Å². The number of sulfonamides is 1. The molecule has 0 spiro atoms. The highest BCUT2D eigenvalue weighted by Crippen LogP contribution is 2.32. The topological polar surface area (TPSA) is 73.1 Å². The molecule has 2 aromatic carbocycles. The summed E-state index contributed by atoms with van der Waals surface area (Å²) in [4.78, 5) is 4.08. The van der Waals surface area contributed by atoms with Gasteiger partial charge < -0.3 is 0 Å². The van der Waals surface area contributed by atoms with Gasteiger partial charge in [-0.25, -0.2) is 17.9 Å². The van der Waals surface area contributed by atoms with E-state index in [9.17, 15) is 12.8 Å². The summed E-state index contributed by atoms with van der Waals surface area (Å²) in [6.07, 6.45) is 1.53. The third kappa shape index (κ3) is 3.13. The molecule has 23 heavy (non-hydrogen) atoms. The van der Waals surface area contributed by atoms with Crippen molar-refractivity contribution in [3.05, 3.63) is 72.7 Å². The number of hydrogen-bond acceptors (Lipinski definition) is 3.